The zero-order valence-electron chi connectivity index (χ0n) is 16.4. The van der Waals surface area contributed by atoms with Crippen molar-refractivity contribution in [2.24, 2.45) is 0 Å². The highest BCUT2D eigenvalue weighted by Gasteiger charge is 2.20. The van der Waals surface area contributed by atoms with Gasteiger partial charge in [-0.1, -0.05) is 24.8 Å². The van der Waals surface area contributed by atoms with E-state index in [0.717, 1.165) is 29.2 Å². The number of benzene rings is 1. The lowest BCUT2D eigenvalue weighted by molar-refractivity contribution is -0.119. The molecule has 0 saturated heterocycles. The Hall–Kier alpha value is -2.74. The SMILES string of the molecule is CC[C@H](C)NC(=O)CSc1nnc(-c2ccoc2C)n1-c1cccc(OC)c1. The van der Waals surface area contributed by atoms with Crippen LogP contribution in [0.4, 0.5) is 0 Å². The molecule has 7 nitrogen and oxygen atoms in total. The smallest absolute Gasteiger partial charge is 0.230 e. The van der Waals surface area contributed by atoms with Gasteiger partial charge in [0, 0.05) is 12.1 Å². The van der Waals surface area contributed by atoms with Crippen molar-refractivity contribution in [3.8, 4) is 22.8 Å². The summed E-state index contributed by atoms with van der Waals surface area (Å²) in [5.41, 5.74) is 1.70. The van der Waals surface area contributed by atoms with E-state index in [0.29, 0.717) is 11.0 Å². The number of ether oxygens (including phenoxy) is 1. The lowest BCUT2D eigenvalue weighted by Gasteiger charge is -2.13. The van der Waals surface area contributed by atoms with Gasteiger partial charge in [-0.3, -0.25) is 9.36 Å². The van der Waals surface area contributed by atoms with E-state index < -0.39 is 0 Å². The number of thioether (sulfide) groups is 1. The molecule has 3 aromatic rings. The molecule has 1 atom stereocenters. The minimum absolute atomic E-state index is 0.0272. The van der Waals surface area contributed by atoms with Crippen molar-refractivity contribution in [2.45, 2.75) is 38.4 Å². The Morgan fingerprint density at radius 1 is 1.36 bits per heavy atom. The van der Waals surface area contributed by atoms with E-state index in [1.54, 1.807) is 13.4 Å². The summed E-state index contributed by atoms with van der Waals surface area (Å²) in [5.74, 6) is 2.37. The molecule has 1 N–H and O–H groups in total. The minimum atomic E-state index is -0.0272. The maximum atomic E-state index is 12.2. The number of hydrogen-bond acceptors (Lipinski definition) is 6. The van der Waals surface area contributed by atoms with Crippen molar-refractivity contribution in [1.82, 2.24) is 20.1 Å². The molecule has 1 aromatic carbocycles. The van der Waals surface area contributed by atoms with Gasteiger partial charge >= 0.3 is 0 Å². The van der Waals surface area contributed by atoms with Gasteiger partial charge in [0.2, 0.25) is 5.91 Å². The van der Waals surface area contributed by atoms with Crippen LogP contribution in [0.15, 0.2) is 46.2 Å². The highest BCUT2D eigenvalue weighted by molar-refractivity contribution is 7.99. The van der Waals surface area contributed by atoms with Gasteiger partial charge < -0.3 is 14.5 Å². The summed E-state index contributed by atoms with van der Waals surface area (Å²) in [4.78, 5) is 12.2. The predicted molar refractivity (Wildman–Crippen MR) is 109 cm³/mol. The number of furan rings is 1. The number of methoxy groups -OCH3 is 1. The molecule has 0 aliphatic heterocycles. The standard InChI is InChI=1S/C20H24N4O3S/c1-5-13(2)21-18(25)12-28-20-23-22-19(17-9-10-27-14(17)3)24(20)15-7-6-8-16(11-15)26-4/h6-11,13H,5,12H2,1-4H3,(H,21,25)/t13-/m0/s1. The topological polar surface area (TPSA) is 82.2 Å². The molecular formula is C20H24N4O3S. The van der Waals surface area contributed by atoms with E-state index >= 15 is 0 Å². The third-order valence-electron chi connectivity index (χ3n) is 4.40. The minimum Gasteiger partial charge on any atom is -0.497 e. The maximum absolute atomic E-state index is 12.2. The molecule has 0 radical (unpaired) electrons. The van der Waals surface area contributed by atoms with Crippen LogP contribution in [0, 0.1) is 6.92 Å². The number of amides is 1. The second-order valence-electron chi connectivity index (χ2n) is 6.40. The van der Waals surface area contributed by atoms with Crippen molar-refractivity contribution in [3.05, 3.63) is 42.4 Å². The van der Waals surface area contributed by atoms with E-state index in [1.165, 1.54) is 11.8 Å². The molecule has 0 unspecified atom stereocenters. The number of rotatable bonds is 8. The molecule has 0 fully saturated rings. The van der Waals surface area contributed by atoms with Gasteiger partial charge in [0.25, 0.3) is 0 Å². The quantitative estimate of drug-likeness (QED) is 0.579. The first-order valence-electron chi connectivity index (χ1n) is 9.10. The number of aryl methyl sites for hydroxylation is 1. The Morgan fingerprint density at radius 3 is 2.86 bits per heavy atom. The van der Waals surface area contributed by atoms with Gasteiger partial charge in [0.05, 0.1) is 30.4 Å². The van der Waals surface area contributed by atoms with Crippen LogP contribution < -0.4 is 10.1 Å². The van der Waals surface area contributed by atoms with E-state index in [9.17, 15) is 4.79 Å². The number of nitrogens with zero attached hydrogens (tertiary/aromatic N) is 3. The van der Waals surface area contributed by atoms with Crippen LogP contribution in [0.3, 0.4) is 0 Å². The summed E-state index contributed by atoms with van der Waals surface area (Å²) in [6, 6.07) is 9.65. The lowest BCUT2D eigenvalue weighted by Crippen LogP contribution is -2.33. The van der Waals surface area contributed by atoms with Crippen LogP contribution in [0.25, 0.3) is 17.1 Å². The zero-order chi connectivity index (χ0) is 20.1. The highest BCUT2D eigenvalue weighted by atomic mass is 32.2. The molecule has 0 aliphatic rings. The molecule has 1 amide bonds. The van der Waals surface area contributed by atoms with Crippen molar-refractivity contribution in [2.75, 3.05) is 12.9 Å². The van der Waals surface area contributed by atoms with Gasteiger partial charge in [0.1, 0.15) is 11.5 Å². The fourth-order valence-electron chi connectivity index (χ4n) is 2.69. The van der Waals surface area contributed by atoms with Gasteiger partial charge in [-0.15, -0.1) is 10.2 Å². The molecule has 2 heterocycles. The zero-order valence-corrected chi connectivity index (χ0v) is 17.2. The summed E-state index contributed by atoms with van der Waals surface area (Å²) < 4.78 is 12.7. The largest absolute Gasteiger partial charge is 0.497 e. The highest BCUT2D eigenvalue weighted by Crippen LogP contribution is 2.31. The molecule has 8 heteroatoms. The van der Waals surface area contributed by atoms with Crippen LogP contribution >= 0.6 is 11.8 Å². The van der Waals surface area contributed by atoms with Gasteiger partial charge in [0.15, 0.2) is 11.0 Å². The average Bonchev–Trinajstić information content (AvgIpc) is 3.31. The number of hydrogen-bond donors (Lipinski definition) is 1. The first-order chi connectivity index (χ1) is 13.5. The molecule has 0 saturated carbocycles. The molecular weight excluding hydrogens is 376 g/mol. The second kappa shape index (κ2) is 8.97. The van der Waals surface area contributed by atoms with E-state index in [1.807, 2.05) is 55.7 Å². The van der Waals surface area contributed by atoms with Crippen molar-refractivity contribution in [1.29, 1.82) is 0 Å². The predicted octanol–water partition coefficient (Wildman–Crippen LogP) is 3.85. The molecule has 0 bridgehead atoms. The fraction of sp³-hybridized carbons (Fsp3) is 0.350. The first kappa shape index (κ1) is 20.0. The van der Waals surface area contributed by atoms with Crippen LogP contribution in [-0.2, 0) is 4.79 Å². The molecule has 3 rings (SSSR count). The van der Waals surface area contributed by atoms with Crippen LogP contribution in [0.5, 0.6) is 5.75 Å². The number of aromatic nitrogens is 3. The Labute approximate surface area is 168 Å². The summed E-state index contributed by atoms with van der Waals surface area (Å²) >= 11 is 1.35. The third-order valence-corrected chi connectivity index (χ3v) is 5.33. The molecule has 148 valence electrons. The summed E-state index contributed by atoms with van der Waals surface area (Å²) in [6.45, 7) is 5.91. The van der Waals surface area contributed by atoms with E-state index in [4.69, 9.17) is 9.15 Å². The Morgan fingerprint density at radius 2 is 2.18 bits per heavy atom. The fourth-order valence-corrected chi connectivity index (χ4v) is 3.45. The number of carbonyl (C=O) groups excluding carboxylic acids is 1. The van der Waals surface area contributed by atoms with Crippen LogP contribution in [-0.4, -0.2) is 39.6 Å². The van der Waals surface area contributed by atoms with Crippen LogP contribution in [0.1, 0.15) is 26.0 Å². The molecule has 0 spiro atoms. The van der Waals surface area contributed by atoms with Gasteiger partial charge in [-0.05, 0) is 38.5 Å². The third kappa shape index (κ3) is 4.39. The van der Waals surface area contributed by atoms with Crippen molar-refractivity contribution < 1.29 is 13.9 Å². The maximum Gasteiger partial charge on any atom is 0.230 e. The first-order valence-corrected chi connectivity index (χ1v) is 10.1. The number of nitrogens with one attached hydrogen (secondary N) is 1. The van der Waals surface area contributed by atoms with E-state index in [2.05, 4.69) is 15.5 Å². The molecule has 2 aromatic heterocycles. The summed E-state index contributed by atoms with van der Waals surface area (Å²) in [7, 11) is 1.63. The summed E-state index contributed by atoms with van der Waals surface area (Å²) in [6.07, 6.45) is 2.52. The van der Waals surface area contributed by atoms with Gasteiger partial charge in [-0.25, -0.2) is 0 Å². The van der Waals surface area contributed by atoms with Crippen molar-refractivity contribution in [3.63, 3.8) is 0 Å². The number of carbonyl (C=O) groups is 1. The average molecular weight is 401 g/mol. The summed E-state index contributed by atoms with van der Waals surface area (Å²) in [5, 5.41) is 12.3. The lowest BCUT2D eigenvalue weighted by atomic mass is 10.2. The van der Waals surface area contributed by atoms with Gasteiger partial charge in [-0.2, -0.15) is 0 Å². The normalized spacial score (nSPS) is 12.0. The molecule has 28 heavy (non-hydrogen) atoms. The van der Waals surface area contributed by atoms with Crippen molar-refractivity contribution >= 4 is 17.7 Å². The second-order valence-corrected chi connectivity index (χ2v) is 7.34. The Balaban J connectivity index is 1.95. The molecule has 0 aliphatic carbocycles. The van der Waals surface area contributed by atoms with E-state index in [-0.39, 0.29) is 17.7 Å². The Bertz CT molecular complexity index is 951. The Kier molecular flexibility index (Phi) is 6.41. The monoisotopic (exact) mass is 400 g/mol. The van der Waals surface area contributed by atoms with Crippen LogP contribution in [0.2, 0.25) is 0 Å².